The zero-order valence-corrected chi connectivity index (χ0v) is 14.3. The molecule has 2 atom stereocenters. The maximum atomic E-state index is 6.00. The summed E-state index contributed by atoms with van der Waals surface area (Å²) >= 11 is 0. The topological polar surface area (TPSA) is 84.4 Å². The van der Waals surface area contributed by atoms with E-state index in [9.17, 15) is 0 Å². The van der Waals surface area contributed by atoms with E-state index in [1.807, 2.05) is 36.0 Å². The molecule has 0 spiro atoms. The first-order valence-corrected chi connectivity index (χ1v) is 8.62. The smallest absolute Gasteiger partial charge is 0.247 e. The molecule has 0 unspecified atom stereocenters. The quantitative estimate of drug-likeness (QED) is 0.715. The van der Waals surface area contributed by atoms with Gasteiger partial charge in [-0.05, 0) is 31.0 Å². The lowest BCUT2D eigenvalue weighted by Gasteiger charge is -2.28. The van der Waals surface area contributed by atoms with Crippen molar-refractivity contribution in [2.24, 2.45) is 7.05 Å². The van der Waals surface area contributed by atoms with E-state index in [0.29, 0.717) is 24.1 Å². The van der Waals surface area contributed by atoms with Gasteiger partial charge >= 0.3 is 0 Å². The van der Waals surface area contributed by atoms with Crippen LogP contribution in [0.1, 0.15) is 36.6 Å². The van der Waals surface area contributed by atoms with Crippen molar-refractivity contribution >= 4 is 0 Å². The highest BCUT2D eigenvalue weighted by atomic mass is 16.7. The van der Waals surface area contributed by atoms with Crippen LogP contribution in [-0.4, -0.2) is 33.1 Å². The van der Waals surface area contributed by atoms with E-state index in [0.717, 1.165) is 30.0 Å². The Bertz CT molecular complexity index is 935. The van der Waals surface area contributed by atoms with Gasteiger partial charge in [-0.1, -0.05) is 0 Å². The Balaban J connectivity index is 1.46. The standard InChI is InChI=1S/C18H18N4O4/c1-22-7-6-19-16(22)15-12(3-2-8-23-15)18-21-20-17(26-18)11-4-5-13-14(9-11)25-10-24-13/h4-7,9,12,15H,2-3,8,10H2,1H3/t12-,15-/m1/s1. The largest absolute Gasteiger partial charge is 0.454 e. The molecule has 0 bridgehead atoms. The molecule has 1 aromatic carbocycles. The van der Waals surface area contributed by atoms with Gasteiger partial charge in [-0.15, -0.1) is 10.2 Å². The molecule has 26 heavy (non-hydrogen) atoms. The predicted octanol–water partition coefficient (Wildman–Crippen LogP) is 2.83. The Labute approximate surface area is 149 Å². The average Bonchev–Trinajstić information content (AvgIpc) is 3.41. The summed E-state index contributed by atoms with van der Waals surface area (Å²) in [6.07, 6.45) is 5.37. The summed E-state index contributed by atoms with van der Waals surface area (Å²) in [6.45, 7) is 0.940. The first kappa shape index (κ1) is 15.4. The van der Waals surface area contributed by atoms with Crippen molar-refractivity contribution in [1.29, 1.82) is 0 Å². The summed E-state index contributed by atoms with van der Waals surface area (Å²) in [5.41, 5.74) is 0.804. The van der Waals surface area contributed by atoms with E-state index in [2.05, 4.69) is 15.2 Å². The van der Waals surface area contributed by atoms with Crippen LogP contribution in [-0.2, 0) is 11.8 Å². The molecule has 0 saturated carbocycles. The van der Waals surface area contributed by atoms with Crippen molar-refractivity contribution in [2.75, 3.05) is 13.4 Å². The van der Waals surface area contributed by atoms with Crippen LogP contribution in [0, 0.1) is 0 Å². The average molecular weight is 354 g/mol. The maximum absolute atomic E-state index is 6.00. The fourth-order valence-corrected chi connectivity index (χ4v) is 3.47. The molecule has 2 aliphatic rings. The first-order valence-electron chi connectivity index (χ1n) is 8.62. The third kappa shape index (κ3) is 2.53. The third-order valence-electron chi connectivity index (χ3n) is 4.81. The Morgan fingerprint density at radius 1 is 1.15 bits per heavy atom. The van der Waals surface area contributed by atoms with E-state index in [4.69, 9.17) is 18.6 Å². The van der Waals surface area contributed by atoms with Crippen LogP contribution in [0.5, 0.6) is 11.5 Å². The molecule has 8 nitrogen and oxygen atoms in total. The van der Waals surface area contributed by atoms with Crippen molar-refractivity contribution in [1.82, 2.24) is 19.7 Å². The molecule has 134 valence electrons. The Kier molecular flexibility index (Phi) is 3.63. The molecule has 1 saturated heterocycles. The number of rotatable bonds is 3. The zero-order valence-electron chi connectivity index (χ0n) is 14.3. The minimum atomic E-state index is -0.186. The summed E-state index contributed by atoms with van der Waals surface area (Å²) in [5.74, 6) is 3.31. The number of benzene rings is 1. The summed E-state index contributed by atoms with van der Waals surface area (Å²) in [7, 11) is 1.96. The molecule has 0 radical (unpaired) electrons. The normalized spacial score (nSPS) is 21.9. The van der Waals surface area contributed by atoms with Gasteiger partial charge in [0.25, 0.3) is 0 Å². The fourth-order valence-electron chi connectivity index (χ4n) is 3.47. The van der Waals surface area contributed by atoms with Crippen molar-refractivity contribution in [2.45, 2.75) is 24.9 Å². The first-order chi connectivity index (χ1) is 12.8. The Morgan fingerprint density at radius 3 is 2.96 bits per heavy atom. The van der Waals surface area contributed by atoms with E-state index in [1.54, 1.807) is 6.20 Å². The number of hydrogen-bond donors (Lipinski definition) is 0. The summed E-state index contributed by atoms with van der Waals surface area (Å²) in [4.78, 5) is 4.44. The second-order valence-electron chi connectivity index (χ2n) is 6.45. The minimum absolute atomic E-state index is 0.0138. The van der Waals surface area contributed by atoms with Crippen LogP contribution in [0.15, 0.2) is 35.0 Å². The fraction of sp³-hybridized carbons (Fsp3) is 0.389. The van der Waals surface area contributed by atoms with Gasteiger partial charge in [-0.25, -0.2) is 4.98 Å². The molecule has 4 heterocycles. The number of imidazole rings is 1. The van der Waals surface area contributed by atoms with E-state index >= 15 is 0 Å². The van der Waals surface area contributed by atoms with Gasteiger partial charge in [0.2, 0.25) is 18.6 Å². The van der Waals surface area contributed by atoms with Crippen LogP contribution in [0.25, 0.3) is 11.5 Å². The van der Waals surface area contributed by atoms with Gasteiger partial charge in [-0.3, -0.25) is 0 Å². The van der Waals surface area contributed by atoms with Crippen molar-refractivity contribution < 1.29 is 18.6 Å². The van der Waals surface area contributed by atoms with E-state index < -0.39 is 0 Å². The van der Waals surface area contributed by atoms with E-state index in [-0.39, 0.29) is 18.8 Å². The van der Waals surface area contributed by atoms with Gasteiger partial charge in [0.1, 0.15) is 11.9 Å². The van der Waals surface area contributed by atoms with Gasteiger partial charge in [0.15, 0.2) is 11.5 Å². The second-order valence-corrected chi connectivity index (χ2v) is 6.45. The SMILES string of the molecule is Cn1ccnc1[C@@H]1OCCC[C@H]1c1nnc(-c2ccc3c(c2)OCO3)o1. The van der Waals surface area contributed by atoms with Crippen molar-refractivity contribution in [3.63, 3.8) is 0 Å². The molecule has 8 heteroatoms. The number of aryl methyl sites for hydroxylation is 1. The Morgan fingerprint density at radius 2 is 2.08 bits per heavy atom. The summed E-state index contributed by atoms with van der Waals surface area (Å²) in [6, 6.07) is 5.59. The Hall–Kier alpha value is -2.87. The lowest BCUT2D eigenvalue weighted by atomic mass is 9.93. The van der Waals surface area contributed by atoms with Crippen LogP contribution in [0.2, 0.25) is 0 Å². The molecule has 5 rings (SSSR count). The molecule has 0 aliphatic carbocycles. The summed E-state index contributed by atoms with van der Waals surface area (Å²) in [5, 5.41) is 8.52. The number of ether oxygens (including phenoxy) is 3. The number of fused-ring (bicyclic) bond motifs is 1. The molecule has 0 amide bonds. The number of nitrogens with zero attached hydrogens (tertiary/aromatic N) is 4. The molecule has 1 fully saturated rings. The van der Waals surface area contributed by atoms with Crippen LogP contribution in [0.4, 0.5) is 0 Å². The van der Waals surface area contributed by atoms with E-state index in [1.165, 1.54) is 0 Å². The van der Waals surface area contributed by atoms with Gasteiger partial charge in [-0.2, -0.15) is 0 Å². The lowest BCUT2D eigenvalue weighted by molar-refractivity contribution is -0.0156. The van der Waals surface area contributed by atoms with Gasteiger partial charge in [0.05, 0.1) is 5.92 Å². The highest BCUT2D eigenvalue weighted by Crippen LogP contribution is 2.41. The number of aromatic nitrogens is 4. The van der Waals surface area contributed by atoms with Gasteiger partial charge < -0.3 is 23.2 Å². The number of hydrogen-bond acceptors (Lipinski definition) is 7. The molecule has 2 aromatic heterocycles. The molecular formula is C18H18N4O4. The predicted molar refractivity (Wildman–Crippen MR) is 89.7 cm³/mol. The lowest BCUT2D eigenvalue weighted by Crippen LogP contribution is -2.23. The third-order valence-corrected chi connectivity index (χ3v) is 4.81. The minimum Gasteiger partial charge on any atom is -0.454 e. The van der Waals surface area contributed by atoms with Crippen molar-refractivity contribution in [3.05, 3.63) is 42.3 Å². The highest BCUT2D eigenvalue weighted by molar-refractivity contribution is 5.60. The van der Waals surface area contributed by atoms with Crippen LogP contribution < -0.4 is 9.47 Å². The monoisotopic (exact) mass is 354 g/mol. The second kappa shape index (κ2) is 6.14. The molecule has 0 N–H and O–H groups in total. The van der Waals surface area contributed by atoms with Crippen LogP contribution in [0.3, 0.4) is 0 Å². The van der Waals surface area contributed by atoms with Crippen LogP contribution >= 0.6 is 0 Å². The maximum Gasteiger partial charge on any atom is 0.247 e. The molecular weight excluding hydrogens is 336 g/mol. The summed E-state index contributed by atoms with van der Waals surface area (Å²) < 4.78 is 24.7. The molecule has 2 aliphatic heterocycles. The highest BCUT2D eigenvalue weighted by Gasteiger charge is 2.35. The molecule has 3 aromatic rings. The zero-order chi connectivity index (χ0) is 17.5. The van der Waals surface area contributed by atoms with Gasteiger partial charge in [0, 0.05) is 31.6 Å². The van der Waals surface area contributed by atoms with Crippen molar-refractivity contribution in [3.8, 4) is 23.0 Å².